The van der Waals surface area contributed by atoms with Crippen molar-refractivity contribution in [3.8, 4) is 0 Å². The zero-order valence-corrected chi connectivity index (χ0v) is 23.6. The average molecular weight is 577 g/mol. The van der Waals surface area contributed by atoms with Crippen molar-refractivity contribution >= 4 is 35.4 Å². The highest BCUT2D eigenvalue weighted by Crippen LogP contribution is 2.21. The summed E-state index contributed by atoms with van der Waals surface area (Å²) in [6, 6.07) is 14.7. The number of amides is 4. The van der Waals surface area contributed by atoms with E-state index < -0.39 is 47.7 Å². The van der Waals surface area contributed by atoms with Crippen molar-refractivity contribution in [1.82, 2.24) is 20.4 Å². The fourth-order valence-electron chi connectivity index (χ4n) is 5.32. The predicted molar refractivity (Wildman–Crippen MR) is 152 cm³/mol. The van der Waals surface area contributed by atoms with Crippen molar-refractivity contribution in [3.63, 3.8) is 0 Å². The number of benzene rings is 2. The second-order valence-electron chi connectivity index (χ2n) is 10.5. The van der Waals surface area contributed by atoms with Crippen LogP contribution in [0.3, 0.4) is 0 Å². The minimum Gasteiger partial charge on any atom is -0.463 e. The van der Waals surface area contributed by atoms with E-state index in [1.165, 1.54) is 9.80 Å². The SMILES string of the molecule is COC(=O)C(=O)C(Cc1ccccc1)NC(=O)[C@@H]1CCCN1C(=O)[C@H](Cc1ccccc1)NC(=O)N1CCC(=O)CC1. The number of hydrogen-bond donors (Lipinski definition) is 2. The first kappa shape index (κ1) is 30.4. The van der Waals surface area contributed by atoms with Gasteiger partial charge in [-0.3, -0.25) is 19.2 Å². The van der Waals surface area contributed by atoms with Crippen molar-refractivity contribution in [2.24, 2.45) is 0 Å². The second kappa shape index (κ2) is 14.4. The molecule has 2 aliphatic heterocycles. The molecule has 0 aliphatic carbocycles. The minimum atomic E-state index is -1.17. The van der Waals surface area contributed by atoms with Gasteiger partial charge in [0.15, 0.2) is 0 Å². The van der Waals surface area contributed by atoms with E-state index in [2.05, 4.69) is 15.4 Å². The Kier molecular flexibility index (Phi) is 10.4. The number of esters is 1. The Hall–Kier alpha value is -4.54. The van der Waals surface area contributed by atoms with Gasteiger partial charge in [-0.05, 0) is 24.0 Å². The summed E-state index contributed by atoms with van der Waals surface area (Å²) in [7, 11) is 1.10. The molecule has 2 fully saturated rings. The van der Waals surface area contributed by atoms with Crippen LogP contribution < -0.4 is 10.6 Å². The Morgan fingerprint density at radius 3 is 1.98 bits per heavy atom. The van der Waals surface area contributed by atoms with Crippen LogP contribution in [0.2, 0.25) is 0 Å². The van der Waals surface area contributed by atoms with Crippen LogP contribution >= 0.6 is 0 Å². The number of carbonyl (C=O) groups excluding carboxylic acids is 6. The van der Waals surface area contributed by atoms with E-state index in [0.717, 1.165) is 18.2 Å². The molecule has 2 heterocycles. The predicted octanol–water partition coefficient (Wildman–Crippen LogP) is 1.43. The Labute approximate surface area is 244 Å². The summed E-state index contributed by atoms with van der Waals surface area (Å²) in [6.07, 6.45) is 1.74. The van der Waals surface area contributed by atoms with Crippen LogP contribution in [0.15, 0.2) is 60.7 Å². The van der Waals surface area contributed by atoms with Crippen LogP contribution in [0, 0.1) is 0 Å². The van der Waals surface area contributed by atoms with Gasteiger partial charge in [0.05, 0.1) is 7.11 Å². The summed E-state index contributed by atoms with van der Waals surface area (Å²) in [5, 5.41) is 5.52. The molecule has 1 unspecified atom stereocenters. The first-order chi connectivity index (χ1) is 20.3. The van der Waals surface area contributed by atoms with Crippen LogP contribution in [0.5, 0.6) is 0 Å². The fourth-order valence-corrected chi connectivity index (χ4v) is 5.32. The summed E-state index contributed by atoms with van der Waals surface area (Å²) in [5.41, 5.74) is 1.57. The molecular weight excluding hydrogens is 540 g/mol. The van der Waals surface area contributed by atoms with E-state index in [4.69, 9.17) is 0 Å². The maximum Gasteiger partial charge on any atom is 0.376 e. The molecule has 3 atom stereocenters. The number of urea groups is 1. The molecule has 0 aromatic heterocycles. The van der Waals surface area contributed by atoms with Gasteiger partial charge in [-0.1, -0.05) is 60.7 Å². The molecule has 2 aromatic rings. The van der Waals surface area contributed by atoms with Gasteiger partial charge in [0, 0.05) is 45.3 Å². The van der Waals surface area contributed by atoms with Crippen LogP contribution in [0.1, 0.15) is 36.8 Å². The lowest BCUT2D eigenvalue weighted by Gasteiger charge is -2.32. The molecule has 11 nitrogen and oxygen atoms in total. The number of piperidine rings is 1. The molecule has 2 aromatic carbocycles. The van der Waals surface area contributed by atoms with E-state index in [1.54, 1.807) is 24.3 Å². The first-order valence-corrected chi connectivity index (χ1v) is 14.1. The maximum atomic E-state index is 13.9. The monoisotopic (exact) mass is 576 g/mol. The van der Waals surface area contributed by atoms with Gasteiger partial charge in [-0.25, -0.2) is 9.59 Å². The standard InChI is InChI=1S/C31H36N4O7/c1-42-30(40)27(37)24(19-21-9-4-2-5-10-21)32-28(38)26-13-8-16-35(26)29(39)25(20-22-11-6-3-7-12-22)33-31(41)34-17-14-23(36)15-18-34/h2-7,9-12,24-26H,8,13-20H2,1H3,(H,32,38)(H,33,41)/t24?,25-,26-/m0/s1. The molecule has 2 N–H and O–H groups in total. The van der Waals surface area contributed by atoms with Gasteiger partial charge in [0.2, 0.25) is 11.8 Å². The van der Waals surface area contributed by atoms with Crippen LogP contribution in [0.25, 0.3) is 0 Å². The molecule has 4 rings (SSSR count). The minimum absolute atomic E-state index is 0.0756. The summed E-state index contributed by atoms with van der Waals surface area (Å²) in [6.45, 7) is 0.857. The topological polar surface area (TPSA) is 142 Å². The van der Waals surface area contributed by atoms with E-state index >= 15 is 0 Å². The first-order valence-electron chi connectivity index (χ1n) is 14.1. The van der Waals surface area contributed by atoms with Crippen molar-refractivity contribution in [1.29, 1.82) is 0 Å². The molecule has 2 aliphatic rings. The molecule has 0 radical (unpaired) electrons. The molecule has 0 spiro atoms. The Morgan fingerprint density at radius 2 is 1.40 bits per heavy atom. The Bertz CT molecular complexity index is 1290. The number of rotatable bonds is 10. The molecule has 222 valence electrons. The maximum absolute atomic E-state index is 13.9. The summed E-state index contributed by atoms with van der Waals surface area (Å²) in [4.78, 5) is 80.0. The molecule has 4 amide bonds. The molecule has 0 saturated carbocycles. The molecular formula is C31H36N4O7. The number of carbonyl (C=O) groups is 6. The van der Waals surface area contributed by atoms with Crippen LogP contribution in [-0.4, -0.2) is 90.1 Å². The number of nitrogens with one attached hydrogen (secondary N) is 2. The Balaban J connectivity index is 1.50. The van der Waals surface area contributed by atoms with E-state index in [-0.39, 0.29) is 44.6 Å². The van der Waals surface area contributed by atoms with Crippen molar-refractivity contribution in [2.45, 2.75) is 56.7 Å². The molecule has 0 bridgehead atoms. The lowest BCUT2D eigenvalue weighted by molar-refractivity contribution is -0.153. The van der Waals surface area contributed by atoms with Gasteiger partial charge in [0.1, 0.15) is 23.9 Å². The van der Waals surface area contributed by atoms with E-state index in [0.29, 0.717) is 19.4 Å². The van der Waals surface area contributed by atoms with Crippen LogP contribution in [0.4, 0.5) is 4.79 Å². The molecule has 2 saturated heterocycles. The van der Waals surface area contributed by atoms with Gasteiger partial charge >= 0.3 is 12.0 Å². The number of likely N-dealkylation sites (tertiary alicyclic amines) is 2. The highest BCUT2D eigenvalue weighted by atomic mass is 16.5. The summed E-state index contributed by atoms with van der Waals surface area (Å²) in [5.74, 6) is -2.84. The number of ether oxygens (including phenoxy) is 1. The zero-order chi connectivity index (χ0) is 30.1. The lowest BCUT2D eigenvalue weighted by atomic mass is 10.0. The zero-order valence-electron chi connectivity index (χ0n) is 23.6. The number of Topliss-reactive ketones (excluding diaryl/α,β-unsaturated/α-hetero) is 2. The van der Waals surface area contributed by atoms with Gasteiger partial charge < -0.3 is 25.2 Å². The number of nitrogens with zero attached hydrogens (tertiary/aromatic N) is 2. The second-order valence-corrected chi connectivity index (χ2v) is 10.5. The fraction of sp³-hybridized carbons (Fsp3) is 0.419. The normalized spacial score (nSPS) is 18.1. The van der Waals surface area contributed by atoms with Gasteiger partial charge in [0.25, 0.3) is 5.78 Å². The highest BCUT2D eigenvalue weighted by Gasteiger charge is 2.40. The Morgan fingerprint density at radius 1 is 0.833 bits per heavy atom. The van der Waals surface area contributed by atoms with Crippen molar-refractivity contribution < 1.29 is 33.5 Å². The highest BCUT2D eigenvalue weighted by molar-refractivity contribution is 6.36. The smallest absolute Gasteiger partial charge is 0.376 e. The van der Waals surface area contributed by atoms with E-state index in [1.807, 2.05) is 36.4 Å². The summed E-state index contributed by atoms with van der Waals surface area (Å²) < 4.78 is 4.61. The largest absolute Gasteiger partial charge is 0.463 e. The third-order valence-electron chi connectivity index (χ3n) is 7.63. The molecule has 42 heavy (non-hydrogen) atoms. The van der Waals surface area contributed by atoms with Gasteiger partial charge in [-0.15, -0.1) is 0 Å². The van der Waals surface area contributed by atoms with Crippen molar-refractivity contribution in [3.05, 3.63) is 71.8 Å². The van der Waals surface area contributed by atoms with Gasteiger partial charge in [-0.2, -0.15) is 0 Å². The number of ketones is 2. The average Bonchev–Trinajstić information content (AvgIpc) is 3.51. The quantitative estimate of drug-likeness (QED) is 0.322. The van der Waals surface area contributed by atoms with Crippen LogP contribution in [-0.2, 0) is 41.6 Å². The van der Waals surface area contributed by atoms with E-state index in [9.17, 15) is 28.8 Å². The van der Waals surface area contributed by atoms with Crippen molar-refractivity contribution in [2.75, 3.05) is 26.7 Å². The summed E-state index contributed by atoms with van der Waals surface area (Å²) >= 11 is 0. The molecule has 11 heteroatoms. The third kappa shape index (κ3) is 7.80. The third-order valence-corrected chi connectivity index (χ3v) is 7.63. The number of methoxy groups -OCH3 is 1. The lowest BCUT2D eigenvalue weighted by Crippen LogP contribution is -2.58. The number of hydrogen-bond acceptors (Lipinski definition) is 7.